The molecular weight excluding hydrogens is 204 g/mol. The van der Waals surface area contributed by atoms with E-state index < -0.39 is 0 Å². The predicted octanol–water partition coefficient (Wildman–Crippen LogP) is 3.55. The Kier molecular flexibility index (Phi) is 5.88. The van der Waals surface area contributed by atoms with Crippen molar-refractivity contribution in [1.82, 2.24) is 10.3 Å². The van der Waals surface area contributed by atoms with Gasteiger partial charge in [0, 0.05) is 17.8 Å². The van der Waals surface area contributed by atoms with Crippen LogP contribution in [0, 0.1) is 0 Å². The highest BCUT2D eigenvalue weighted by Gasteiger charge is 2.04. The quantitative estimate of drug-likeness (QED) is 0.719. The van der Waals surface area contributed by atoms with Crippen LogP contribution in [-0.2, 0) is 6.54 Å². The first-order chi connectivity index (χ1) is 7.24. The lowest BCUT2D eigenvalue weighted by Gasteiger charge is -2.01. The second-order valence-electron chi connectivity index (χ2n) is 4.22. The summed E-state index contributed by atoms with van der Waals surface area (Å²) in [6, 6.07) is 0. The molecule has 1 rings (SSSR count). The fraction of sp³-hybridized carbons (Fsp3) is 0.750. The highest BCUT2D eigenvalue weighted by Crippen LogP contribution is 2.18. The van der Waals surface area contributed by atoms with E-state index in [0.29, 0.717) is 5.92 Å². The summed E-state index contributed by atoms with van der Waals surface area (Å²) in [7, 11) is 0. The molecule has 1 heterocycles. The van der Waals surface area contributed by atoms with Crippen LogP contribution in [0.3, 0.4) is 0 Å². The van der Waals surface area contributed by atoms with Crippen molar-refractivity contribution in [3.8, 4) is 0 Å². The third kappa shape index (κ3) is 4.76. The number of thiazole rings is 1. The van der Waals surface area contributed by atoms with Crippen molar-refractivity contribution >= 4 is 11.3 Å². The van der Waals surface area contributed by atoms with Crippen molar-refractivity contribution < 1.29 is 0 Å². The molecule has 0 spiro atoms. The minimum atomic E-state index is 0.559. The van der Waals surface area contributed by atoms with Gasteiger partial charge in [-0.05, 0) is 13.0 Å². The van der Waals surface area contributed by atoms with Crippen molar-refractivity contribution in [2.24, 2.45) is 0 Å². The van der Waals surface area contributed by atoms with E-state index in [1.807, 2.05) is 0 Å². The van der Waals surface area contributed by atoms with E-state index in [9.17, 15) is 0 Å². The molecule has 0 saturated heterocycles. The summed E-state index contributed by atoms with van der Waals surface area (Å²) in [6.07, 6.45) is 3.88. The molecule has 0 aliphatic carbocycles. The predicted molar refractivity (Wildman–Crippen MR) is 67.4 cm³/mol. The third-order valence-corrected chi connectivity index (χ3v) is 3.52. The van der Waals surface area contributed by atoms with Gasteiger partial charge in [-0.25, -0.2) is 4.98 Å². The SMILES string of the molecule is CCCCCNCc1csc(C(C)C)n1. The number of hydrogen-bond acceptors (Lipinski definition) is 3. The molecule has 0 amide bonds. The number of nitrogens with zero attached hydrogens (tertiary/aromatic N) is 1. The normalized spacial score (nSPS) is 11.2. The Balaban J connectivity index is 2.20. The number of rotatable bonds is 7. The fourth-order valence-electron chi connectivity index (χ4n) is 1.39. The maximum Gasteiger partial charge on any atom is 0.0954 e. The van der Waals surface area contributed by atoms with Crippen molar-refractivity contribution in [2.45, 2.75) is 52.5 Å². The van der Waals surface area contributed by atoms with Crippen LogP contribution in [0.1, 0.15) is 56.7 Å². The van der Waals surface area contributed by atoms with E-state index in [1.165, 1.54) is 30.0 Å². The topological polar surface area (TPSA) is 24.9 Å². The van der Waals surface area contributed by atoms with Crippen LogP contribution in [0.5, 0.6) is 0 Å². The van der Waals surface area contributed by atoms with E-state index in [2.05, 4.69) is 36.5 Å². The molecule has 0 aliphatic heterocycles. The number of unbranched alkanes of at least 4 members (excludes halogenated alkanes) is 2. The summed E-state index contributed by atoms with van der Waals surface area (Å²) >= 11 is 1.77. The van der Waals surface area contributed by atoms with Gasteiger partial charge < -0.3 is 5.32 Å². The average Bonchev–Trinajstić information content (AvgIpc) is 2.66. The second kappa shape index (κ2) is 6.96. The van der Waals surface area contributed by atoms with E-state index in [-0.39, 0.29) is 0 Å². The van der Waals surface area contributed by atoms with Gasteiger partial charge in [-0.1, -0.05) is 33.6 Å². The minimum absolute atomic E-state index is 0.559. The molecule has 3 heteroatoms. The molecule has 1 aromatic heterocycles. The van der Waals surface area contributed by atoms with E-state index in [4.69, 9.17) is 0 Å². The van der Waals surface area contributed by atoms with Crippen molar-refractivity contribution in [2.75, 3.05) is 6.54 Å². The molecule has 1 aromatic rings. The Labute approximate surface area is 97.1 Å². The molecule has 0 bridgehead atoms. The molecule has 0 radical (unpaired) electrons. The molecule has 15 heavy (non-hydrogen) atoms. The smallest absolute Gasteiger partial charge is 0.0954 e. The zero-order chi connectivity index (χ0) is 11.1. The van der Waals surface area contributed by atoms with E-state index >= 15 is 0 Å². The van der Waals surface area contributed by atoms with Crippen molar-refractivity contribution in [3.63, 3.8) is 0 Å². The summed E-state index contributed by atoms with van der Waals surface area (Å²) in [5, 5.41) is 6.85. The van der Waals surface area contributed by atoms with Crippen molar-refractivity contribution in [3.05, 3.63) is 16.1 Å². The summed E-state index contributed by atoms with van der Waals surface area (Å²) in [5.41, 5.74) is 1.19. The number of hydrogen-bond donors (Lipinski definition) is 1. The molecule has 86 valence electrons. The average molecular weight is 226 g/mol. The lowest BCUT2D eigenvalue weighted by Crippen LogP contribution is -2.14. The van der Waals surface area contributed by atoms with Gasteiger partial charge in [-0.3, -0.25) is 0 Å². The first-order valence-corrected chi connectivity index (χ1v) is 6.77. The summed E-state index contributed by atoms with van der Waals surface area (Å²) in [5.74, 6) is 0.559. The Morgan fingerprint density at radius 1 is 1.40 bits per heavy atom. The molecule has 1 N–H and O–H groups in total. The molecule has 0 fully saturated rings. The fourth-order valence-corrected chi connectivity index (χ4v) is 2.22. The molecule has 0 unspecified atom stereocenters. The van der Waals surface area contributed by atoms with Crippen LogP contribution in [0.2, 0.25) is 0 Å². The van der Waals surface area contributed by atoms with Crippen LogP contribution in [0.25, 0.3) is 0 Å². The van der Waals surface area contributed by atoms with E-state index in [1.54, 1.807) is 11.3 Å². The van der Waals surface area contributed by atoms with Crippen LogP contribution in [0.4, 0.5) is 0 Å². The molecule has 2 nitrogen and oxygen atoms in total. The zero-order valence-corrected chi connectivity index (χ0v) is 10.9. The van der Waals surface area contributed by atoms with Crippen LogP contribution in [0.15, 0.2) is 5.38 Å². The summed E-state index contributed by atoms with van der Waals surface area (Å²) in [4.78, 5) is 4.58. The van der Waals surface area contributed by atoms with Crippen LogP contribution >= 0.6 is 11.3 Å². The molecule has 0 aromatic carbocycles. The van der Waals surface area contributed by atoms with Gasteiger partial charge in [0.1, 0.15) is 0 Å². The van der Waals surface area contributed by atoms with Crippen LogP contribution in [-0.4, -0.2) is 11.5 Å². The lowest BCUT2D eigenvalue weighted by molar-refractivity contribution is 0.611. The second-order valence-corrected chi connectivity index (χ2v) is 5.11. The van der Waals surface area contributed by atoms with Gasteiger partial charge >= 0.3 is 0 Å². The third-order valence-electron chi connectivity index (χ3n) is 2.33. The van der Waals surface area contributed by atoms with E-state index in [0.717, 1.165) is 13.1 Å². The van der Waals surface area contributed by atoms with Crippen molar-refractivity contribution in [1.29, 1.82) is 0 Å². The number of aromatic nitrogens is 1. The highest BCUT2D eigenvalue weighted by atomic mass is 32.1. The summed E-state index contributed by atoms with van der Waals surface area (Å²) in [6.45, 7) is 8.65. The van der Waals surface area contributed by atoms with Crippen LogP contribution < -0.4 is 5.32 Å². The number of nitrogens with one attached hydrogen (secondary N) is 1. The van der Waals surface area contributed by atoms with Gasteiger partial charge in [-0.2, -0.15) is 0 Å². The first kappa shape index (κ1) is 12.7. The molecular formula is C12H22N2S. The van der Waals surface area contributed by atoms with Gasteiger partial charge in [0.2, 0.25) is 0 Å². The molecule has 0 aliphatic rings. The maximum atomic E-state index is 4.58. The van der Waals surface area contributed by atoms with Gasteiger partial charge in [-0.15, -0.1) is 11.3 Å². The van der Waals surface area contributed by atoms with Gasteiger partial charge in [0.05, 0.1) is 10.7 Å². The molecule has 0 atom stereocenters. The first-order valence-electron chi connectivity index (χ1n) is 5.89. The maximum absolute atomic E-state index is 4.58. The zero-order valence-electron chi connectivity index (χ0n) is 10.0. The highest BCUT2D eigenvalue weighted by molar-refractivity contribution is 7.09. The standard InChI is InChI=1S/C12H22N2S/c1-4-5-6-7-13-8-11-9-15-12(14-11)10(2)3/h9-10,13H,4-8H2,1-3H3. The summed E-state index contributed by atoms with van der Waals surface area (Å²) < 4.78 is 0. The van der Waals surface area contributed by atoms with Gasteiger partial charge in [0.25, 0.3) is 0 Å². The largest absolute Gasteiger partial charge is 0.311 e. The Bertz CT molecular complexity index is 268. The lowest BCUT2D eigenvalue weighted by atomic mass is 10.2. The Morgan fingerprint density at radius 3 is 2.80 bits per heavy atom. The Morgan fingerprint density at radius 2 is 2.20 bits per heavy atom. The monoisotopic (exact) mass is 226 g/mol. The Hall–Kier alpha value is -0.410. The van der Waals surface area contributed by atoms with Gasteiger partial charge in [0.15, 0.2) is 0 Å². The minimum Gasteiger partial charge on any atom is -0.311 e. The molecule has 0 saturated carbocycles.